The first-order valence-electron chi connectivity index (χ1n) is 8.77. The van der Waals surface area contributed by atoms with Gasteiger partial charge in [-0.3, -0.25) is 9.59 Å². The average Bonchev–Trinajstić information content (AvgIpc) is 2.62. The van der Waals surface area contributed by atoms with Crippen molar-refractivity contribution in [2.24, 2.45) is 11.8 Å². The lowest BCUT2D eigenvalue weighted by molar-refractivity contribution is -0.154. The third-order valence-corrected chi connectivity index (χ3v) is 5.80. The van der Waals surface area contributed by atoms with E-state index in [9.17, 15) is 18.0 Å². The second kappa shape index (κ2) is 9.14. The molecule has 8 heteroatoms. The third kappa shape index (κ3) is 6.18. The van der Waals surface area contributed by atoms with Gasteiger partial charge in [0.1, 0.15) is 13.2 Å². The van der Waals surface area contributed by atoms with Crippen molar-refractivity contribution in [3.8, 4) is 0 Å². The maximum atomic E-state index is 12.7. The number of carbonyl (C=O) groups excluding carboxylic acids is 2. The van der Waals surface area contributed by atoms with Gasteiger partial charge in [0, 0.05) is 0 Å². The largest absolute Gasteiger partial charge is 0.465 e. The Hall–Kier alpha value is -2.19. The first kappa shape index (κ1) is 21.1. The normalized spacial score (nSPS) is 26.3. The molecule has 148 valence electrons. The van der Waals surface area contributed by atoms with Crippen molar-refractivity contribution in [3.05, 3.63) is 42.0 Å². The first-order valence-corrected chi connectivity index (χ1v) is 10.3. The summed E-state index contributed by atoms with van der Waals surface area (Å²) in [6, 6.07) is 5.81. The van der Waals surface area contributed by atoms with Gasteiger partial charge in [-0.1, -0.05) is 36.8 Å². The monoisotopic (exact) mass is 395 g/mol. The van der Waals surface area contributed by atoms with Gasteiger partial charge in [0.25, 0.3) is 0 Å². The summed E-state index contributed by atoms with van der Waals surface area (Å²) in [7, 11) is -3.78. The van der Waals surface area contributed by atoms with Crippen LogP contribution in [-0.4, -0.2) is 39.6 Å². The number of esters is 2. The molecule has 0 unspecified atom stereocenters. The minimum atomic E-state index is -3.78. The Balaban J connectivity index is 2.22. The van der Waals surface area contributed by atoms with Crippen LogP contribution < -0.4 is 4.72 Å². The molecular weight excluding hydrogens is 370 g/mol. The lowest BCUT2D eigenvalue weighted by atomic mass is 10.0. The molecule has 0 fully saturated rings. The molecule has 0 spiro atoms. The molecule has 0 aliphatic carbocycles. The van der Waals surface area contributed by atoms with Crippen LogP contribution >= 0.6 is 0 Å². The van der Waals surface area contributed by atoms with Gasteiger partial charge in [0.15, 0.2) is 0 Å². The van der Waals surface area contributed by atoms with Crippen molar-refractivity contribution in [3.63, 3.8) is 0 Å². The van der Waals surface area contributed by atoms with Crippen molar-refractivity contribution in [2.75, 3.05) is 13.2 Å². The van der Waals surface area contributed by atoms with Crippen LogP contribution in [0.3, 0.4) is 0 Å². The molecule has 1 aliphatic heterocycles. The Morgan fingerprint density at radius 2 is 1.70 bits per heavy atom. The van der Waals surface area contributed by atoms with Gasteiger partial charge in [-0.2, -0.15) is 0 Å². The van der Waals surface area contributed by atoms with Crippen LogP contribution in [0.25, 0.3) is 0 Å². The van der Waals surface area contributed by atoms with Crippen LogP contribution in [0.5, 0.6) is 0 Å². The number of hydrogen-bond donors (Lipinski definition) is 1. The summed E-state index contributed by atoms with van der Waals surface area (Å²) in [4.78, 5) is 23.8. The standard InChI is InChI=1S/C19H25NO6S/c1-13-7-9-16(10-8-13)27(23,24)20-17-12-26-19(22)15(3)11-25-18(21)6-4-5-14(17)2/h4-5,7-10,14-15,17,20H,6,11-12H2,1-3H3/b5-4-/t14-,15-,17+/m1/s1. The zero-order valence-electron chi connectivity index (χ0n) is 15.7. The first-order chi connectivity index (χ1) is 12.7. The van der Waals surface area contributed by atoms with E-state index in [1.807, 2.05) is 6.92 Å². The minimum absolute atomic E-state index is 0.0591. The van der Waals surface area contributed by atoms with Crippen LogP contribution in [0.2, 0.25) is 0 Å². The Kier molecular flexibility index (Phi) is 7.15. The van der Waals surface area contributed by atoms with E-state index in [4.69, 9.17) is 9.47 Å². The van der Waals surface area contributed by atoms with E-state index >= 15 is 0 Å². The van der Waals surface area contributed by atoms with E-state index in [-0.39, 0.29) is 30.4 Å². The summed E-state index contributed by atoms with van der Waals surface area (Å²) in [6.45, 7) is 5.06. The van der Waals surface area contributed by atoms with E-state index in [1.54, 1.807) is 38.1 Å². The minimum Gasteiger partial charge on any atom is -0.465 e. The lowest BCUT2D eigenvalue weighted by Crippen LogP contribution is -2.43. The van der Waals surface area contributed by atoms with E-state index < -0.39 is 33.9 Å². The molecule has 0 radical (unpaired) electrons. The van der Waals surface area contributed by atoms with Crippen LogP contribution in [0, 0.1) is 18.8 Å². The van der Waals surface area contributed by atoms with Crippen LogP contribution in [0.15, 0.2) is 41.3 Å². The molecule has 27 heavy (non-hydrogen) atoms. The summed E-state index contributed by atoms with van der Waals surface area (Å²) in [6.07, 6.45) is 3.40. The predicted octanol–water partition coefficient (Wildman–Crippen LogP) is 1.96. The number of nitrogens with one attached hydrogen (secondary N) is 1. The van der Waals surface area contributed by atoms with Crippen LogP contribution in [0.1, 0.15) is 25.8 Å². The number of carbonyl (C=O) groups is 2. The maximum Gasteiger partial charge on any atom is 0.312 e. The molecule has 1 aliphatic rings. The molecule has 2 rings (SSSR count). The van der Waals surface area contributed by atoms with Crippen molar-refractivity contribution >= 4 is 22.0 Å². The molecule has 0 aromatic heterocycles. The maximum absolute atomic E-state index is 12.7. The highest BCUT2D eigenvalue weighted by Gasteiger charge is 2.26. The Morgan fingerprint density at radius 3 is 2.37 bits per heavy atom. The molecule has 0 bridgehead atoms. The molecular formula is C19H25NO6S. The van der Waals surface area contributed by atoms with Gasteiger partial charge >= 0.3 is 11.9 Å². The highest BCUT2D eigenvalue weighted by Crippen LogP contribution is 2.15. The summed E-state index contributed by atoms with van der Waals surface area (Å²) in [5.41, 5.74) is 0.950. The Morgan fingerprint density at radius 1 is 1.04 bits per heavy atom. The summed E-state index contributed by atoms with van der Waals surface area (Å²) in [5.74, 6) is -1.92. The van der Waals surface area contributed by atoms with E-state index in [1.165, 1.54) is 12.1 Å². The molecule has 0 saturated carbocycles. The van der Waals surface area contributed by atoms with Gasteiger partial charge < -0.3 is 9.47 Å². The molecule has 3 atom stereocenters. The van der Waals surface area contributed by atoms with E-state index in [2.05, 4.69) is 4.72 Å². The van der Waals surface area contributed by atoms with Crippen LogP contribution in [0.4, 0.5) is 0 Å². The van der Waals surface area contributed by atoms with Gasteiger partial charge in [0.05, 0.1) is 23.3 Å². The van der Waals surface area contributed by atoms with E-state index in [0.29, 0.717) is 0 Å². The average molecular weight is 395 g/mol. The third-order valence-electron chi connectivity index (χ3n) is 4.30. The Bertz CT molecular complexity index is 800. The number of cyclic esters (lactones) is 2. The molecule has 0 amide bonds. The topological polar surface area (TPSA) is 98.8 Å². The molecule has 1 heterocycles. The van der Waals surface area contributed by atoms with Gasteiger partial charge in [0.2, 0.25) is 10.0 Å². The number of benzene rings is 1. The zero-order valence-corrected chi connectivity index (χ0v) is 16.5. The van der Waals surface area contributed by atoms with Gasteiger partial charge in [-0.05, 0) is 31.9 Å². The van der Waals surface area contributed by atoms with Crippen LogP contribution in [-0.2, 0) is 29.1 Å². The summed E-state index contributed by atoms with van der Waals surface area (Å²) >= 11 is 0. The number of aryl methyl sites for hydroxylation is 1. The summed E-state index contributed by atoms with van der Waals surface area (Å²) in [5, 5.41) is 0. The lowest BCUT2D eigenvalue weighted by Gasteiger charge is -2.24. The fourth-order valence-electron chi connectivity index (χ4n) is 2.45. The smallest absolute Gasteiger partial charge is 0.312 e. The fraction of sp³-hybridized carbons (Fsp3) is 0.474. The van der Waals surface area contributed by atoms with Gasteiger partial charge in [-0.15, -0.1) is 0 Å². The molecule has 1 aromatic rings. The molecule has 7 nitrogen and oxygen atoms in total. The Labute approximate surface area is 159 Å². The van der Waals surface area contributed by atoms with Crippen molar-refractivity contribution in [2.45, 2.75) is 38.1 Å². The van der Waals surface area contributed by atoms with Crippen molar-refractivity contribution < 1.29 is 27.5 Å². The highest BCUT2D eigenvalue weighted by atomic mass is 32.2. The second-order valence-electron chi connectivity index (χ2n) is 6.75. The molecule has 1 aromatic carbocycles. The number of sulfonamides is 1. The van der Waals surface area contributed by atoms with Crippen molar-refractivity contribution in [1.82, 2.24) is 4.72 Å². The highest BCUT2D eigenvalue weighted by molar-refractivity contribution is 7.89. The molecule has 1 N–H and O–H groups in total. The quantitative estimate of drug-likeness (QED) is 0.620. The van der Waals surface area contributed by atoms with E-state index in [0.717, 1.165) is 5.56 Å². The predicted molar refractivity (Wildman–Crippen MR) is 99.3 cm³/mol. The fourth-order valence-corrected chi connectivity index (χ4v) is 3.76. The number of ether oxygens (including phenoxy) is 2. The van der Waals surface area contributed by atoms with Gasteiger partial charge in [-0.25, -0.2) is 13.1 Å². The number of hydrogen-bond acceptors (Lipinski definition) is 6. The SMILES string of the molecule is Cc1ccc(S(=O)(=O)N[C@H]2COC(=O)[C@H](C)COC(=O)C/C=C\[C@H]2C)cc1. The number of rotatable bonds is 3. The second-order valence-corrected chi connectivity index (χ2v) is 8.46. The molecule has 0 saturated heterocycles. The van der Waals surface area contributed by atoms with Crippen molar-refractivity contribution in [1.29, 1.82) is 0 Å². The zero-order chi connectivity index (χ0) is 20.0. The summed E-state index contributed by atoms with van der Waals surface area (Å²) < 4.78 is 38.2.